The number of carbonyl (C=O) groups excluding carboxylic acids is 1. The molecule has 5 N–H and O–H groups in total. The molecule has 0 saturated heterocycles. The van der Waals surface area contributed by atoms with Crippen LogP contribution in [0.3, 0.4) is 0 Å². The third-order valence-electron chi connectivity index (χ3n) is 5.84. The van der Waals surface area contributed by atoms with E-state index in [4.69, 9.17) is 15.9 Å². The second-order valence-electron chi connectivity index (χ2n) is 7.98. The van der Waals surface area contributed by atoms with Crippen molar-refractivity contribution >= 4 is 55.3 Å². The first-order valence-corrected chi connectivity index (χ1v) is 11.9. The van der Waals surface area contributed by atoms with Gasteiger partial charge < -0.3 is 21.2 Å². The topological polar surface area (TPSA) is 155 Å². The molecule has 8 nitrogen and oxygen atoms in total. The molecule has 0 fully saturated rings. The number of fused-ring (bicyclic) bond motifs is 2. The molecule has 1 unspecified atom stereocenters. The Hall–Kier alpha value is -3.86. The van der Waals surface area contributed by atoms with Crippen LogP contribution in [0.25, 0.3) is 21.5 Å². The summed E-state index contributed by atoms with van der Waals surface area (Å²) in [5.41, 5.74) is 14.7. The third kappa shape index (κ3) is 3.32. The number of amides is 1. The van der Waals surface area contributed by atoms with Gasteiger partial charge in [-0.1, -0.05) is 6.92 Å². The normalized spacial score (nSPS) is 15.1. The van der Waals surface area contributed by atoms with Crippen LogP contribution in [0.2, 0.25) is 0 Å². The Morgan fingerprint density at radius 1 is 1.27 bits per heavy atom. The highest BCUT2D eigenvalue weighted by molar-refractivity contribution is 7.21. The zero-order chi connectivity index (χ0) is 23.3. The van der Waals surface area contributed by atoms with Crippen molar-refractivity contribution in [3.05, 3.63) is 44.8 Å². The number of anilines is 3. The fraction of sp³-hybridized carbons (Fsp3) is 0.217. The molecule has 1 atom stereocenters. The minimum Gasteiger partial charge on any atom is -0.464 e. The van der Waals surface area contributed by atoms with Crippen molar-refractivity contribution in [2.45, 2.75) is 26.2 Å². The van der Waals surface area contributed by atoms with Crippen LogP contribution in [0.5, 0.6) is 0 Å². The van der Waals surface area contributed by atoms with Gasteiger partial charge in [0.2, 0.25) is 0 Å². The lowest BCUT2D eigenvalue weighted by Crippen LogP contribution is -2.12. The predicted octanol–water partition coefficient (Wildman–Crippen LogP) is 4.90. The van der Waals surface area contributed by atoms with E-state index in [1.54, 1.807) is 12.1 Å². The van der Waals surface area contributed by atoms with Gasteiger partial charge in [-0.25, -0.2) is 4.98 Å². The van der Waals surface area contributed by atoms with Crippen LogP contribution < -0.4 is 16.8 Å². The lowest BCUT2D eigenvalue weighted by molar-refractivity contribution is 0.103. The number of rotatable bonds is 3. The van der Waals surface area contributed by atoms with Crippen molar-refractivity contribution in [2.24, 2.45) is 5.92 Å². The summed E-state index contributed by atoms with van der Waals surface area (Å²) < 4.78 is 5.51. The Labute approximate surface area is 197 Å². The maximum atomic E-state index is 13.3. The molecule has 1 amide bonds. The summed E-state index contributed by atoms with van der Waals surface area (Å²) in [6.07, 6.45) is 4.25. The summed E-state index contributed by atoms with van der Waals surface area (Å²) in [4.78, 5) is 19.4. The van der Waals surface area contributed by atoms with E-state index in [9.17, 15) is 15.3 Å². The number of nitrogens with zero attached hydrogens (tertiary/aromatic N) is 3. The summed E-state index contributed by atoms with van der Waals surface area (Å²) in [5, 5.41) is 23.3. The number of furan rings is 1. The average molecular weight is 475 g/mol. The van der Waals surface area contributed by atoms with Gasteiger partial charge in [-0.2, -0.15) is 10.5 Å². The van der Waals surface area contributed by atoms with Gasteiger partial charge in [-0.05, 0) is 42.9 Å². The number of hydrogen-bond acceptors (Lipinski definition) is 9. The fourth-order valence-electron chi connectivity index (χ4n) is 4.24. The quantitative estimate of drug-likeness (QED) is 0.381. The van der Waals surface area contributed by atoms with Crippen LogP contribution in [0.4, 0.5) is 16.5 Å². The SMILES string of the molecule is CC1CCc2c(sc(NC(=O)c3sc4nc(N)c(C#N)c(-c5ccco5)c4c3N)c2C#N)C1. The molecule has 5 rings (SSSR count). The smallest absolute Gasteiger partial charge is 0.268 e. The van der Waals surface area contributed by atoms with Crippen molar-refractivity contribution in [1.29, 1.82) is 10.5 Å². The third-order valence-corrected chi connectivity index (χ3v) is 8.11. The second-order valence-corrected chi connectivity index (χ2v) is 10.1. The van der Waals surface area contributed by atoms with E-state index >= 15 is 0 Å². The number of hydrogen-bond donors (Lipinski definition) is 3. The molecule has 1 aliphatic carbocycles. The number of nitriles is 2. The highest BCUT2D eigenvalue weighted by Gasteiger charge is 2.28. The van der Waals surface area contributed by atoms with E-state index in [0.717, 1.165) is 41.0 Å². The summed E-state index contributed by atoms with van der Waals surface area (Å²) in [5.74, 6) is 0.571. The number of pyridine rings is 1. The molecule has 0 radical (unpaired) electrons. The molecular weight excluding hydrogens is 456 g/mol. The van der Waals surface area contributed by atoms with E-state index in [0.29, 0.717) is 38.0 Å². The Kier molecular flexibility index (Phi) is 5.05. The molecule has 10 heteroatoms. The van der Waals surface area contributed by atoms with E-state index in [1.807, 2.05) is 0 Å². The maximum absolute atomic E-state index is 13.3. The minimum atomic E-state index is -0.430. The van der Waals surface area contributed by atoms with Crippen LogP contribution in [0.1, 0.15) is 44.6 Å². The van der Waals surface area contributed by atoms with Crippen molar-refractivity contribution in [3.8, 4) is 23.5 Å². The monoisotopic (exact) mass is 474 g/mol. The molecular formula is C23H18N6O2S2. The average Bonchev–Trinajstić information content (AvgIpc) is 3.50. The zero-order valence-electron chi connectivity index (χ0n) is 17.6. The Bertz CT molecular complexity index is 1500. The molecule has 0 spiro atoms. The molecule has 4 aromatic rings. The van der Waals surface area contributed by atoms with Gasteiger partial charge in [0, 0.05) is 10.3 Å². The van der Waals surface area contributed by atoms with Gasteiger partial charge in [0.15, 0.2) is 0 Å². The van der Waals surface area contributed by atoms with E-state index in [-0.39, 0.29) is 21.9 Å². The standard InChI is InChI=1S/C23H18N6O2S2/c1-10-4-5-11-12(8-24)22(32-15(11)7-10)29-21(30)19-18(26)17-16(14-3-2-6-31-14)13(9-25)20(27)28-23(17)33-19/h2-3,6,10H,4-5,7,26H2,1H3,(H2,27,28)(H,29,30). The van der Waals surface area contributed by atoms with E-state index < -0.39 is 5.91 Å². The van der Waals surface area contributed by atoms with Crippen LogP contribution in [0, 0.1) is 28.6 Å². The largest absolute Gasteiger partial charge is 0.464 e. The van der Waals surface area contributed by atoms with E-state index in [1.165, 1.54) is 17.6 Å². The first kappa shape index (κ1) is 21.0. The molecule has 0 bridgehead atoms. The predicted molar refractivity (Wildman–Crippen MR) is 129 cm³/mol. The van der Waals surface area contributed by atoms with Crippen LogP contribution in [-0.4, -0.2) is 10.9 Å². The molecule has 164 valence electrons. The van der Waals surface area contributed by atoms with Gasteiger partial charge in [-0.15, -0.1) is 22.7 Å². The zero-order valence-corrected chi connectivity index (χ0v) is 19.2. The van der Waals surface area contributed by atoms with Crippen molar-refractivity contribution in [1.82, 2.24) is 4.98 Å². The molecule has 0 aromatic carbocycles. The van der Waals surface area contributed by atoms with Crippen molar-refractivity contribution in [3.63, 3.8) is 0 Å². The molecule has 4 aromatic heterocycles. The van der Waals surface area contributed by atoms with Crippen LogP contribution in [0.15, 0.2) is 22.8 Å². The number of nitrogen functional groups attached to an aromatic ring is 2. The number of nitrogens with one attached hydrogen (secondary N) is 1. The number of nitrogens with two attached hydrogens (primary N) is 2. The van der Waals surface area contributed by atoms with Crippen LogP contribution >= 0.6 is 22.7 Å². The Balaban J connectivity index is 1.60. The van der Waals surface area contributed by atoms with Crippen molar-refractivity contribution < 1.29 is 9.21 Å². The molecule has 0 saturated carbocycles. The summed E-state index contributed by atoms with van der Waals surface area (Å²) >= 11 is 2.54. The van der Waals surface area contributed by atoms with Crippen LogP contribution in [-0.2, 0) is 12.8 Å². The van der Waals surface area contributed by atoms with Crippen molar-refractivity contribution in [2.75, 3.05) is 16.8 Å². The molecule has 4 heterocycles. The lowest BCUT2D eigenvalue weighted by Gasteiger charge is -2.17. The maximum Gasteiger partial charge on any atom is 0.268 e. The molecule has 33 heavy (non-hydrogen) atoms. The second kappa shape index (κ2) is 7.93. The first-order valence-electron chi connectivity index (χ1n) is 10.2. The fourth-order valence-corrected chi connectivity index (χ4v) is 6.60. The lowest BCUT2D eigenvalue weighted by atomic mass is 9.89. The van der Waals surface area contributed by atoms with Gasteiger partial charge in [0.1, 0.15) is 44.0 Å². The number of aromatic nitrogens is 1. The first-order chi connectivity index (χ1) is 15.9. The molecule has 0 aliphatic heterocycles. The van der Waals surface area contributed by atoms with Gasteiger partial charge in [0.25, 0.3) is 5.91 Å². The number of carbonyl (C=O) groups is 1. The van der Waals surface area contributed by atoms with Gasteiger partial charge >= 0.3 is 0 Å². The minimum absolute atomic E-state index is 0.0384. The Morgan fingerprint density at radius 2 is 2.06 bits per heavy atom. The summed E-state index contributed by atoms with van der Waals surface area (Å²) in [6.45, 7) is 2.19. The van der Waals surface area contributed by atoms with Gasteiger partial charge in [-0.3, -0.25) is 4.79 Å². The highest BCUT2D eigenvalue weighted by atomic mass is 32.1. The van der Waals surface area contributed by atoms with E-state index in [2.05, 4.69) is 29.4 Å². The summed E-state index contributed by atoms with van der Waals surface area (Å²) in [7, 11) is 0. The van der Waals surface area contributed by atoms with Gasteiger partial charge in [0.05, 0.1) is 23.1 Å². The summed E-state index contributed by atoms with van der Waals surface area (Å²) in [6, 6.07) is 7.71. The Morgan fingerprint density at radius 3 is 2.76 bits per heavy atom. The molecule has 1 aliphatic rings. The number of thiophene rings is 2. The highest BCUT2D eigenvalue weighted by Crippen LogP contribution is 2.44.